The van der Waals surface area contributed by atoms with E-state index in [9.17, 15) is 14.4 Å². The summed E-state index contributed by atoms with van der Waals surface area (Å²) in [6.45, 7) is 7.06. The van der Waals surface area contributed by atoms with Gasteiger partial charge in [-0.05, 0) is 55.2 Å². The number of ether oxygens (including phenoxy) is 1. The molecule has 0 spiro atoms. The molecule has 2 aromatic carbocycles. The number of nitrogens with one attached hydrogen (secondary N) is 1. The molecule has 0 bridgehead atoms. The average molecular weight is 425 g/mol. The van der Waals surface area contributed by atoms with Crippen LogP contribution in [0.3, 0.4) is 0 Å². The zero-order valence-electron chi connectivity index (χ0n) is 18.9. The quantitative estimate of drug-likeness (QED) is 0.577. The molecule has 0 unspecified atom stereocenters. The smallest absolute Gasteiger partial charge is 0.306 e. The topological polar surface area (TPSA) is 75.7 Å². The highest BCUT2D eigenvalue weighted by molar-refractivity contribution is 6.06. The van der Waals surface area contributed by atoms with E-state index in [4.69, 9.17) is 0 Å². The van der Waals surface area contributed by atoms with Gasteiger partial charge in [-0.2, -0.15) is 0 Å². The summed E-state index contributed by atoms with van der Waals surface area (Å²) in [6, 6.07) is 13.5. The van der Waals surface area contributed by atoms with Crippen LogP contribution in [0.4, 0.5) is 5.69 Å². The molecule has 0 aliphatic heterocycles. The number of anilines is 1. The summed E-state index contributed by atoms with van der Waals surface area (Å²) >= 11 is 0. The van der Waals surface area contributed by atoms with Crippen molar-refractivity contribution in [2.75, 3.05) is 18.6 Å². The molecule has 6 nitrogen and oxygen atoms in total. The summed E-state index contributed by atoms with van der Waals surface area (Å²) < 4.78 is 4.55. The van der Waals surface area contributed by atoms with Gasteiger partial charge in [0.1, 0.15) is 0 Å². The number of hydrogen-bond acceptors (Lipinski definition) is 4. The normalized spacial score (nSPS) is 10.5. The summed E-state index contributed by atoms with van der Waals surface area (Å²) in [4.78, 5) is 38.2. The molecule has 166 valence electrons. The van der Waals surface area contributed by atoms with Crippen molar-refractivity contribution in [3.05, 3.63) is 64.7 Å². The van der Waals surface area contributed by atoms with Crippen LogP contribution in [0.25, 0.3) is 0 Å². The number of hydrogen-bond donors (Lipinski definition) is 1. The van der Waals surface area contributed by atoms with Crippen LogP contribution in [0, 0.1) is 13.8 Å². The highest BCUT2D eigenvalue weighted by Crippen LogP contribution is 2.23. The monoisotopic (exact) mass is 424 g/mol. The maximum Gasteiger partial charge on any atom is 0.306 e. The molecule has 0 heterocycles. The van der Waals surface area contributed by atoms with E-state index in [1.807, 2.05) is 61.2 Å². The van der Waals surface area contributed by atoms with Gasteiger partial charge in [0.05, 0.1) is 13.5 Å². The van der Waals surface area contributed by atoms with Gasteiger partial charge in [0.2, 0.25) is 5.91 Å². The van der Waals surface area contributed by atoms with E-state index < -0.39 is 5.97 Å². The lowest BCUT2D eigenvalue weighted by atomic mass is 10.0. The number of benzene rings is 2. The largest absolute Gasteiger partial charge is 0.469 e. The Balaban J connectivity index is 2.11. The van der Waals surface area contributed by atoms with Crippen molar-refractivity contribution in [2.45, 2.75) is 53.0 Å². The van der Waals surface area contributed by atoms with Crippen molar-refractivity contribution in [1.82, 2.24) is 5.32 Å². The number of amides is 2. The van der Waals surface area contributed by atoms with E-state index in [1.54, 1.807) is 0 Å². The van der Waals surface area contributed by atoms with Gasteiger partial charge in [-0.25, -0.2) is 0 Å². The predicted octanol–water partition coefficient (Wildman–Crippen LogP) is 4.32. The van der Waals surface area contributed by atoms with Crippen molar-refractivity contribution in [3.63, 3.8) is 0 Å². The zero-order chi connectivity index (χ0) is 22.8. The first-order chi connectivity index (χ1) is 14.9. The molecule has 1 N–H and O–H groups in total. The van der Waals surface area contributed by atoms with E-state index in [0.29, 0.717) is 18.7 Å². The van der Waals surface area contributed by atoms with E-state index >= 15 is 0 Å². The van der Waals surface area contributed by atoms with Gasteiger partial charge >= 0.3 is 5.97 Å². The highest BCUT2D eigenvalue weighted by Gasteiger charge is 2.19. The van der Waals surface area contributed by atoms with Gasteiger partial charge in [-0.3, -0.25) is 14.4 Å². The minimum Gasteiger partial charge on any atom is -0.469 e. The number of methoxy groups -OCH3 is 1. The molecular formula is C25H32N2O4. The lowest BCUT2D eigenvalue weighted by Crippen LogP contribution is -2.32. The maximum atomic E-state index is 13.3. The van der Waals surface area contributed by atoms with Crippen molar-refractivity contribution in [1.29, 1.82) is 0 Å². The molecule has 2 aromatic rings. The second-order valence-electron chi connectivity index (χ2n) is 7.59. The lowest BCUT2D eigenvalue weighted by Gasteiger charge is -2.25. The molecule has 0 aromatic heterocycles. The second kappa shape index (κ2) is 11.9. The van der Waals surface area contributed by atoms with Gasteiger partial charge in [0.15, 0.2) is 0 Å². The molecule has 31 heavy (non-hydrogen) atoms. The van der Waals surface area contributed by atoms with E-state index in [0.717, 1.165) is 35.2 Å². The number of aryl methyl sites for hydroxylation is 2. The number of para-hydroxylation sites is 1. The third kappa shape index (κ3) is 6.95. The Kier molecular flexibility index (Phi) is 9.25. The maximum absolute atomic E-state index is 13.3. The van der Waals surface area contributed by atoms with E-state index in [-0.39, 0.29) is 24.7 Å². The zero-order valence-corrected chi connectivity index (χ0v) is 18.9. The third-order valence-electron chi connectivity index (χ3n) is 5.24. The van der Waals surface area contributed by atoms with Gasteiger partial charge in [-0.15, -0.1) is 0 Å². The average Bonchev–Trinajstić information content (AvgIpc) is 2.77. The van der Waals surface area contributed by atoms with Crippen molar-refractivity contribution >= 4 is 23.5 Å². The molecule has 2 amide bonds. The number of carbonyl (C=O) groups excluding carboxylic acids is 3. The molecule has 0 radical (unpaired) electrons. The van der Waals surface area contributed by atoms with Crippen molar-refractivity contribution in [2.24, 2.45) is 0 Å². The Morgan fingerprint density at radius 3 is 2.39 bits per heavy atom. The molecule has 0 saturated heterocycles. The molecule has 0 aliphatic rings. The summed E-state index contributed by atoms with van der Waals surface area (Å²) in [5.74, 6) is -0.648. The predicted molar refractivity (Wildman–Crippen MR) is 122 cm³/mol. The summed E-state index contributed by atoms with van der Waals surface area (Å²) in [7, 11) is 1.30. The van der Waals surface area contributed by atoms with Crippen LogP contribution in [0.1, 0.15) is 59.7 Å². The molecular weight excluding hydrogens is 392 g/mol. The SMILES string of the molecule is CCCCN(C(=O)c1ccc(CNC(=O)CCC(=O)OC)c(C)c1)c1ccccc1C. The van der Waals surface area contributed by atoms with Crippen LogP contribution >= 0.6 is 0 Å². The van der Waals surface area contributed by atoms with Gasteiger partial charge in [0.25, 0.3) is 5.91 Å². The molecule has 6 heteroatoms. The number of unbranched alkanes of at least 4 members (excludes halogenated alkanes) is 1. The first-order valence-corrected chi connectivity index (χ1v) is 10.7. The Bertz CT molecular complexity index is 923. The van der Waals surface area contributed by atoms with Gasteiger partial charge in [-0.1, -0.05) is 37.6 Å². The summed E-state index contributed by atoms with van der Waals surface area (Å²) in [6.07, 6.45) is 2.07. The second-order valence-corrected chi connectivity index (χ2v) is 7.59. The van der Waals surface area contributed by atoms with Gasteiger partial charge < -0.3 is 15.0 Å². The number of nitrogens with zero attached hydrogens (tertiary/aromatic N) is 1. The molecule has 2 rings (SSSR count). The minimum atomic E-state index is -0.407. The summed E-state index contributed by atoms with van der Waals surface area (Å²) in [5.41, 5.74) is 4.48. The van der Waals surface area contributed by atoms with E-state index in [1.165, 1.54) is 7.11 Å². The number of carbonyl (C=O) groups is 3. The number of esters is 1. The van der Waals surface area contributed by atoms with Gasteiger partial charge in [0, 0.05) is 30.8 Å². The molecule has 0 atom stereocenters. The third-order valence-corrected chi connectivity index (χ3v) is 5.24. The van der Waals surface area contributed by atoms with Crippen LogP contribution < -0.4 is 10.2 Å². The fraction of sp³-hybridized carbons (Fsp3) is 0.400. The van der Waals surface area contributed by atoms with Crippen LogP contribution in [-0.4, -0.2) is 31.4 Å². The first kappa shape index (κ1) is 24.1. The molecule has 0 aliphatic carbocycles. The van der Waals surface area contributed by atoms with Crippen LogP contribution in [0.2, 0.25) is 0 Å². The fourth-order valence-electron chi connectivity index (χ4n) is 3.30. The van der Waals surface area contributed by atoms with Crippen LogP contribution in [0.15, 0.2) is 42.5 Å². The van der Waals surface area contributed by atoms with Crippen molar-refractivity contribution < 1.29 is 19.1 Å². The lowest BCUT2D eigenvalue weighted by molar-refractivity contribution is -0.142. The number of rotatable bonds is 10. The van der Waals surface area contributed by atoms with E-state index in [2.05, 4.69) is 17.0 Å². The fourth-order valence-corrected chi connectivity index (χ4v) is 3.30. The Morgan fingerprint density at radius 2 is 1.74 bits per heavy atom. The van der Waals surface area contributed by atoms with Crippen molar-refractivity contribution in [3.8, 4) is 0 Å². The van der Waals surface area contributed by atoms with Crippen LogP contribution in [-0.2, 0) is 20.9 Å². The Hall–Kier alpha value is -3.15. The standard InChI is InChI=1S/C25H32N2O4/c1-5-6-15-27(22-10-8-7-9-18(22)2)25(30)20-11-12-21(19(3)16-20)17-26-23(28)13-14-24(29)31-4/h7-12,16H,5-6,13-15,17H2,1-4H3,(H,26,28). The Morgan fingerprint density at radius 1 is 1.00 bits per heavy atom. The minimum absolute atomic E-state index is 0.0282. The summed E-state index contributed by atoms with van der Waals surface area (Å²) in [5, 5.41) is 2.81. The first-order valence-electron chi connectivity index (χ1n) is 10.7. The molecule has 0 saturated carbocycles. The highest BCUT2D eigenvalue weighted by atomic mass is 16.5. The Labute approximate surface area is 184 Å². The molecule has 0 fully saturated rings. The van der Waals surface area contributed by atoms with Crippen LogP contribution in [0.5, 0.6) is 0 Å².